The Morgan fingerprint density at radius 1 is 1.08 bits per heavy atom. The average molecular weight is 385 g/mol. The quantitative estimate of drug-likeness (QED) is 0.813. The van der Waals surface area contributed by atoms with Gasteiger partial charge >= 0.3 is 0 Å². The monoisotopic (exact) mass is 384 g/mol. The highest BCUT2D eigenvalue weighted by Crippen LogP contribution is 2.39. The second-order valence-electron chi connectivity index (χ2n) is 6.16. The lowest BCUT2D eigenvalue weighted by Crippen LogP contribution is -2.54. The molecule has 8 heteroatoms. The first-order chi connectivity index (χ1) is 11.6. The van der Waals surface area contributed by atoms with Gasteiger partial charge in [-0.15, -0.1) is 22.7 Å². The molecule has 0 bridgehead atoms. The number of thiophene rings is 2. The Hall–Kier alpha value is -0.770. The minimum Gasteiger partial charge on any atom is -0.358 e. The third-order valence-corrected chi connectivity index (χ3v) is 8.94. The third kappa shape index (κ3) is 2.95. The van der Waals surface area contributed by atoms with Gasteiger partial charge in [-0.1, -0.05) is 12.1 Å². The van der Waals surface area contributed by atoms with Gasteiger partial charge in [0.15, 0.2) is 0 Å². The summed E-state index contributed by atoms with van der Waals surface area (Å²) < 4.78 is 33.9. The van der Waals surface area contributed by atoms with E-state index in [0.717, 1.165) is 32.5 Å². The number of nitrogens with zero attached hydrogens (tertiary/aromatic N) is 2. The van der Waals surface area contributed by atoms with E-state index in [9.17, 15) is 8.42 Å². The Morgan fingerprint density at radius 2 is 1.83 bits per heavy atom. The Balaban J connectivity index is 1.49. The second kappa shape index (κ2) is 6.51. The zero-order chi connectivity index (χ0) is 16.6. The van der Waals surface area contributed by atoms with Gasteiger partial charge < -0.3 is 4.74 Å². The summed E-state index contributed by atoms with van der Waals surface area (Å²) in [5, 5.41) is 3.90. The van der Waals surface area contributed by atoms with Crippen LogP contribution in [0.5, 0.6) is 0 Å². The molecule has 2 aromatic heterocycles. The molecule has 0 saturated carbocycles. The minimum absolute atomic E-state index is 0.411. The molecular weight excluding hydrogens is 364 g/mol. The summed E-state index contributed by atoms with van der Waals surface area (Å²) in [5.41, 5.74) is -0.658. The topological polar surface area (TPSA) is 49.9 Å². The third-order valence-electron chi connectivity index (χ3n) is 4.76. The summed E-state index contributed by atoms with van der Waals surface area (Å²) in [7, 11) is -3.46. The molecule has 0 unspecified atom stereocenters. The minimum atomic E-state index is -3.46. The van der Waals surface area contributed by atoms with Gasteiger partial charge in [0.05, 0.1) is 6.61 Å². The summed E-state index contributed by atoms with van der Waals surface area (Å²) in [6.45, 7) is 3.58. The number of sulfonamides is 1. The van der Waals surface area contributed by atoms with Crippen LogP contribution in [0.2, 0.25) is 0 Å². The van der Waals surface area contributed by atoms with Crippen molar-refractivity contribution in [2.45, 2.75) is 29.3 Å². The lowest BCUT2D eigenvalue weighted by atomic mass is 10.0. The fraction of sp³-hybridized carbons (Fsp3) is 0.500. The molecular formula is C16H20N2O3S3. The van der Waals surface area contributed by atoms with Crippen molar-refractivity contribution in [2.24, 2.45) is 0 Å². The zero-order valence-electron chi connectivity index (χ0n) is 13.3. The largest absolute Gasteiger partial charge is 0.358 e. The molecule has 1 spiro atoms. The van der Waals surface area contributed by atoms with Gasteiger partial charge in [0, 0.05) is 43.9 Å². The summed E-state index contributed by atoms with van der Waals surface area (Å²) in [6.07, 6.45) is 1.45. The smallest absolute Gasteiger partial charge is 0.255 e. The van der Waals surface area contributed by atoms with E-state index >= 15 is 0 Å². The van der Waals surface area contributed by atoms with E-state index in [-0.39, 0.29) is 0 Å². The van der Waals surface area contributed by atoms with Crippen LogP contribution in [0.3, 0.4) is 0 Å². The van der Waals surface area contributed by atoms with Crippen LogP contribution in [0.4, 0.5) is 0 Å². The number of ether oxygens (including phenoxy) is 1. The number of rotatable bonds is 4. The molecule has 5 nitrogen and oxygen atoms in total. The molecule has 0 radical (unpaired) electrons. The SMILES string of the molecule is O=S(=O)(c1cccs1)N1CCOC12CCN(Cc1cccs1)CC2. The van der Waals surface area contributed by atoms with Crippen molar-refractivity contribution in [3.8, 4) is 0 Å². The summed E-state index contributed by atoms with van der Waals surface area (Å²) >= 11 is 3.04. The van der Waals surface area contributed by atoms with Gasteiger partial charge in [-0.2, -0.15) is 4.31 Å². The van der Waals surface area contributed by atoms with Crippen LogP contribution in [0.15, 0.2) is 39.2 Å². The van der Waals surface area contributed by atoms with Gasteiger partial charge in [0.25, 0.3) is 10.0 Å². The van der Waals surface area contributed by atoms with Crippen LogP contribution in [-0.2, 0) is 21.3 Å². The molecule has 0 aromatic carbocycles. The molecule has 24 heavy (non-hydrogen) atoms. The maximum atomic E-state index is 13.0. The van der Waals surface area contributed by atoms with Crippen LogP contribution in [0.1, 0.15) is 17.7 Å². The van der Waals surface area contributed by atoms with E-state index in [1.165, 1.54) is 16.2 Å². The summed E-state index contributed by atoms with van der Waals surface area (Å²) in [4.78, 5) is 3.73. The van der Waals surface area contributed by atoms with Crippen LogP contribution in [-0.4, -0.2) is 49.6 Å². The maximum absolute atomic E-state index is 13.0. The first-order valence-electron chi connectivity index (χ1n) is 8.05. The molecule has 0 atom stereocenters. The van der Waals surface area contributed by atoms with Crippen molar-refractivity contribution in [1.82, 2.24) is 9.21 Å². The van der Waals surface area contributed by atoms with E-state index in [2.05, 4.69) is 22.4 Å². The second-order valence-corrected chi connectivity index (χ2v) is 10.2. The number of likely N-dealkylation sites (tertiary alicyclic amines) is 1. The van der Waals surface area contributed by atoms with Crippen LogP contribution < -0.4 is 0 Å². The lowest BCUT2D eigenvalue weighted by Gasteiger charge is -2.42. The first kappa shape index (κ1) is 16.7. The normalized spacial score (nSPS) is 22.3. The first-order valence-corrected chi connectivity index (χ1v) is 11.3. The number of hydrogen-bond acceptors (Lipinski definition) is 6. The van der Waals surface area contributed by atoms with Gasteiger partial charge in [-0.3, -0.25) is 4.90 Å². The molecule has 4 rings (SSSR count). The lowest BCUT2D eigenvalue weighted by molar-refractivity contribution is -0.0915. The van der Waals surface area contributed by atoms with Gasteiger partial charge in [-0.25, -0.2) is 8.42 Å². The highest BCUT2D eigenvalue weighted by Gasteiger charge is 2.50. The standard InChI is InChI=1S/C16H20N2O3S3/c19-24(20,15-4-2-12-23-15)18-9-10-21-16(18)5-7-17(8-6-16)13-14-3-1-11-22-14/h1-4,11-12H,5-10,13H2. The van der Waals surface area contributed by atoms with Crippen LogP contribution in [0, 0.1) is 0 Å². The van der Waals surface area contributed by atoms with Gasteiger partial charge in [0.1, 0.15) is 9.93 Å². The molecule has 2 aromatic rings. The van der Waals surface area contributed by atoms with E-state index in [0.29, 0.717) is 17.4 Å². The Labute approximate surface area is 150 Å². The van der Waals surface area contributed by atoms with Crippen molar-refractivity contribution in [3.05, 3.63) is 39.9 Å². The Bertz CT molecular complexity index is 764. The molecule has 2 fully saturated rings. The molecule has 2 aliphatic rings. The van der Waals surface area contributed by atoms with E-state index in [1.807, 2.05) is 0 Å². The molecule has 130 valence electrons. The Kier molecular flexibility index (Phi) is 4.53. The summed E-state index contributed by atoms with van der Waals surface area (Å²) in [5.74, 6) is 0. The average Bonchev–Trinajstić information content (AvgIpc) is 3.31. The molecule has 0 amide bonds. The molecule has 4 heterocycles. The fourth-order valence-electron chi connectivity index (χ4n) is 3.53. The van der Waals surface area contributed by atoms with E-state index in [1.54, 1.807) is 33.2 Å². The molecule has 2 saturated heterocycles. The number of piperidine rings is 1. The highest BCUT2D eigenvalue weighted by atomic mass is 32.2. The van der Waals surface area contributed by atoms with Crippen molar-refractivity contribution >= 4 is 32.7 Å². The van der Waals surface area contributed by atoms with Gasteiger partial charge in [0.2, 0.25) is 0 Å². The zero-order valence-corrected chi connectivity index (χ0v) is 15.7. The van der Waals surface area contributed by atoms with Crippen molar-refractivity contribution < 1.29 is 13.2 Å². The van der Waals surface area contributed by atoms with E-state index < -0.39 is 15.7 Å². The summed E-state index contributed by atoms with van der Waals surface area (Å²) in [6, 6.07) is 7.68. The van der Waals surface area contributed by atoms with Crippen molar-refractivity contribution in [1.29, 1.82) is 0 Å². The Morgan fingerprint density at radius 3 is 2.50 bits per heavy atom. The van der Waals surface area contributed by atoms with Gasteiger partial charge in [-0.05, 0) is 22.9 Å². The molecule has 0 N–H and O–H groups in total. The van der Waals surface area contributed by atoms with Crippen molar-refractivity contribution in [2.75, 3.05) is 26.2 Å². The highest BCUT2D eigenvalue weighted by molar-refractivity contribution is 7.91. The van der Waals surface area contributed by atoms with Crippen LogP contribution >= 0.6 is 22.7 Å². The van der Waals surface area contributed by atoms with Crippen LogP contribution in [0.25, 0.3) is 0 Å². The predicted molar refractivity (Wildman–Crippen MR) is 95.7 cm³/mol. The van der Waals surface area contributed by atoms with Crippen molar-refractivity contribution in [3.63, 3.8) is 0 Å². The predicted octanol–water partition coefficient (Wildman–Crippen LogP) is 2.82. The molecule has 0 aliphatic carbocycles. The molecule has 2 aliphatic heterocycles. The maximum Gasteiger partial charge on any atom is 0.255 e. The fourth-order valence-corrected chi connectivity index (χ4v) is 7.10. The number of hydrogen-bond donors (Lipinski definition) is 0. The van der Waals surface area contributed by atoms with E-state index in [4.69, 9.17) is 4.74 Å².